The average molecular weight is 234 g/mol. The third-order valence-corrected chi connectivity index (χ3v) is 8.05. The van der Waals surface area contributed by atoms with Crippen LogP contribution in [0.3, 0.4) is 0 Å². The van der Waals surface area contributed by atoms with Crippen molar-refractivity contribution in [1.82, 2.24) is 0 Å². The highest BCUT2D eigenvalue weighted by Crippen LogP contribution is 2.30. The highest BCUT2D eigenvalue weighted by Gasteiger charge is 2.35. The van der Waals surface area contributed by atoms with Crippen molar-refractivity contribution in [2.45, 2.75) is 44.3 Å². The van der Waals surface area contributed by atoms with E-state index in [2.05, 4.69) is 37.3 Å². The van der Waals surface area contributed by atoms with E-state index < -0.39 is 8.32 Å². The fourth-order valence-electron chi connectivity index (χ4n) is 2.76. The summed E-state index contributed by atoms with van der Waals surface area (Å²) in [6.07, 6.45) is 3.94. The van der Waals surface area contributed by atoms with Crippen LogP contribution < -0.4 is 0 Å². The molecule has 88 valence electrons. The lowest BCUT2D eigenvalue weighted by molar-refractivity contribution is 0.264. The SMILES string of the molecule is CCC[Si]1(Cc2ccccc2)CCCCO1. The van der Waals surface area contributed by atoms with Gasteiger partial charge in [-0.2, -0.15) is 0 Å². The van der Waals surface area contributed by atoms with Crippen molar-refractivity contribution in [2.24, 2.45) is 0 Å². The highest BCUT2D eigenvalue weighted by atomic mass is 28.4. The van der Waals surface area contributed by atoms with Crippen molar-refractivity contribution in [3.63, 3.8) is 0 Å². The van der Waals surface area contributed by atoms with E-state index in [4.69, 9.17) is 4.43 Å². The molecule has 2 rings (SSSR count). The number of hydrogen-bond acceptors (Lipinski definition) is 1. The molecule has 0 aromatic heterocycles. The molecule has 0 spiro atoms. The summed E-state index contributed by atoms with van der Waals surface area (Å²) in [5, 5.41) is 0. The lowest BCUT2D eigenvalue weighted by Crippen LogP contribution is -2.43. The summed E-state index contributed by atoms with van der Waals surface area (Å²) in [6.45, 7) is 3.30. The molecule has 1 aromatic rings. The molecule has 1 unspecified atom stereocenters. The van der Waals surface area contributed by atoms with Crippen molar-refractivity contribution in [3.8, 4) is 0 Å². The maximum atomic E-state index is 6.25. The van der Waals surface area contributed by atoms with Crippen LogP contribution in [-0.4, -0.2) is 14.9 Å². The van der Waals surface area contributed by atoms with E-state index >= 15 is 0 Å². The van der Waals surface area contributed by atoms with Crippen LogP contribution in [0.1, 0.15) is 31.7 Å². The lowest BCUT2D eigenvalue weighted by atomic mass is 10.2. The third-order valence-electron chi connectivity index (χ3n) is 3.51. The monoisotopic (exact) mass is 234 g/mol. The number of benzene rings is 1. The molecule has 1 atom stereocenters. The van der Waals surface area contributed by atoms with Crippen molar-refractivity contribution in [2.75, 3.05) is 6.61 Å². The fraction of sp³-hybridized carbons (Fsp3) is 0.571. The van der Waals surface area contributed by atoms with Crippen LogP contribution in [0.5, 0.6) is 0 Å². The largest absolute Gasteiger partial charge is 0.416 e. The van der Waals surface area contributed by atoms with E-state index in [-0.39, 0.29) is 0 Å². The van der Waals surface area contributed by atoms with Crippen molar-refractivity contribution < 1.29 is 4.43 Å². The van der Waals surface area contributed by atoms with Gasteiger partial charge in [0.15, 0.2) is 8.32 Å². The molecule has 1 aromatic carbocycles. The maximum absolute atomic E-state index is 6.25. The molecular weight excluding hydrogens is 212 g/mol. The average Bonchev–Trinajstić information content (AvgIpc) is 2.31. The Morgan fingerprint density at radius 3 is 2.62 bits per heavy atom. The predicted octanol–water partition coefficient (Wildman–Crippen LogP) is 3.93. The van der Waals surface area contributed by atoms with Gasteiger partial charge in [0.05, 0.1) is 0 Å². The maximum Gasteiger partial charge on any atom is 0.197 e. The van der Waals surface area contributed by atoms with Gasteiger partial charge in [0.2, 0.25) is 0 Å². The molecule has 1 nitrogen and oxygen atoms in total. The van der Waals surface area contributed by atoms with Crippen molar-refractivity contribution in [1.29, 1.82) is 0 Å². The molecule has 0 bridgehead atoms. The molecule has 1 aliphatic heterocycles. The van der Waals surface area contributed by atoms with Crippen molar-refractivity contribution in [3.05, 3.63) is 35.9 Å². The predicted molar refractivity (Wildman–Crippen MR) is 71.0 cm³/mol. The normalized spacial score (nSPS) is 25.6. The Balaban J connectivity index is 2.07. The van der Waals surface area contributed by atoms with Gasteiger partial charge in [0.1, 0.15) is 0 Å². The van der Waals surface area contributed by atoms with Crippen LogP contribution in [0.4, 0.5) is 0 Å². The molecule has 1 heterocycles. The second-order valence-corrected chi connectivity index (χ2v) is 8.91. The topological polar surface area (TPSA) is 9.23 Å². The highest BCUT2D eigenvalue weighted by molar-refractivity contribution is 6.73. The standard InChI is InChI=1S/C14H22OSi/c1-2-11-16(12-7-6-10-15-16)13-14-8-4-3-5-9-14/h3-5,8-9H,2,6-7,10-13H2,1H3. The zero-order valence-corrected chi connectivity index (χ0v) is 11.2. The van der Waals surface area contributed by atoms with E-state index in [1.54, 1.807) is 0 Å². The molecule has 0 radical (unpaired) electrons. The van der Waals surface area contributed by atoms with Crippen LogP contribution in [-0.2, 0) is 10.5 Å². The number of hydrogen-bond donors (Lipinski definition) is 0. The minimum absolute atomic E-state index is 1.01. The fourth-order valence-corrected chi connectivity index (χ4v) is 7.12. The zero-order valence-electron chi connectivity index (χ0n) is 10.2. The van der Waals surface area contributed by atoms with Crippen molar-refractivity contribution >= 4 is 8.32 Å². The van der Waals surface area contributed by atoms with Gasteiger partial charge in [-0.05, 0) is 30.1 Å². The van der Waals surface area contributed by atoms with Gasteiger partial charge in [-0.3, -0.25) is 0 Å². The Morgan fingerprint density at radius 2 is 2.00 bits per heavy atom. The Morgan fingerprint density at radius 1 is 1.19 bits per heavy atom. The van der Waals surface area contributed by atoms with E-state index in [1.165, 1.54) is 43.0 Å². The van der Waals surface area contributed by atoms with Gasteiger partial charge in [-0.1, -0.05) is 50.1 Å². The smallest absolute Gasteiger partial charge is 0.197 e. The molecule has 1 saturated heterocycles. The van der Waals surface area contributed by atoms with Crippen LogP contribution in [0.2, 0.25) is 12.1 Å². The van der Waals surface area contributed by atoms with E-state index in [9.17, 15) is 0 Å². The van der Waals surface area contributed by atoms with Crippen LogP contribution in [0, 0.1) is 0 Å². The van der Waals surface area contributed by atoms with Crippen LogP contribution >= 0.6 is 0 Å². The molecule has 1 fully saturated rings. The van der Waals surface area contributed by atoms with Crippen LogP contribution in [0.15, 0.2) is 30.3 Å². The van der Waals surface area contributed by atoms with Gasteiger partial charge < -0.3 is 4.43 Å². The molecule has 2 heteroatoms. The summed E-state index contributed by atoms with van der Waals surface area (Å²) < 4.78 is 6.25. The van der Waals surface area contributed by atoms with Gasteiger partial charge in [-0.15, -0.1) is 0 Å². The summed E-state index contributed by atoms with van der Waals surface area (Å²) in [6, 6.07) is 14.8. The molecule has 1 aliphatic rings. The molecule has 16 heavy (non-hydrogen) atoms. The van der Waals surface area contributed by atoms with Gasteiger partial charge in [0.25, 0.3) is 0 Å². The quantitative estimate of drug-likeness (QED) is 0.717. The number of rotatable bonds is 4. The van der Waals surface area contributed by atoms with Gasteiger partial charge >= 0.3 is 0 Å². The Kier molecular flexibility index (Phi) is 4.19. The second-order valence-electron chi connectivity index (χ2n) is 4.90. The van der Waals surface area contributed by atoms with Gasteiger partial charge in [-0.25, -0.2) is 0 Å². The summed E-state index contributed by atoms with van der Waals surface area (Å²) in [5.74, 6) is 0. The molecule has 0 N–H and O–H groups in total. The first kappa shape index (κ1) is 11.9. The summed E-state index contributed by atoms with van der Waals surface area (Å²) in [7, 11) is -1.42. The molecule has 0 aliphatic carbocycles. The Labute approximate surface area is 100.0 Å². The van der Waals surface area contributed by atoms with Gasteiger partial charge in [0, 0.05) is 6.61 Å². The van der Waals surface area contributed by atoms with E-state index in [0.29, 0.717) is 0 Å². The zero-order chi connectivity index (χ0) is 11.3. The Bertz CT molecular complexity index is 298. The summed E-state index contributed by atoms with van der Waals surface area (Å²) in [5.41, 5.74) is 1.48. The first-order valence-electron chi connectivity index (χ1n) is 6.52. The first-order valence-corrected chi connectivity index (χ1v) is 9.05. The molecular formula is C14H22OSi. The third kappa shape index (κ3) is 2.95. The molecule has 0 saturated carbocycles. The first-order chi connectivity index (χ1) is 7.85. The minimum atomic E-state index is -1.42. The second kappa shape index (κ2) is 5.64. The lowest BCUT2D eigenvalue weighted by Gasteiger charge is -2.35. The molecule has 0 amide bonds. The minimum Gasteiger partial charge on any atom is -0.416 e. The van der Waals surface area contributed by atoms with Crippen LogP contribution in [0.25, 0.3) is 0 Å². The van der Waals surface area contributed by atoms with E-state index in [1.807, 2.05) is 0 Å². The summed E-state index contributed by atoms with van der Waals surface area (Å²) >= 11 is 0. The van der Waals surface area contributed by atoms with E-state index in [0.717, 1.165) is 6.61 Å². The Hall–Kier alpha value is -0.603. The summed E-state index contributed by atoms with van der Waals surface area (Å²) in [4.78, 5) is 0.